The number of hydrogen-bond donors (Lipinski definition) is 5. The number of phenolic OH excluding ortho intramolecular Hbond substituents is 1. The minimum atomic E-state index is -2.84. The Morgan fingerprint density at radius 1 is 1.02 bits per heavy atom. The van der Waals surface area contributed by atoms with Gasteiger partial charge in [-0.1, -0.05) is 12.1 Å². The van der Waals surface area contributed by atoms with Gasteiger partial charge >= 0.3 is 0 Å². The summed E-state index contributed by atoms with van der Waals surface area (Å²) in [5.74, 6) is -11.2. The van der Waals surface area contributed by atoms with Crippen molar-refractivity contribution in [1.29, 1.82) is 5.26 Å². The van der Waals surface area contributed by atoms with Gasteiger partial charge in [-0.25, -0.2) is 0 Å². The number of carbonyl (C=O) groups is 6. The number of Topliss-reactive ketones (excluding diaryl/α,β-unsaturated/α-hetero) is 4. The van der Waals surface area contributed by atoms with Crippen LogP contribution in [0.4, 0.5) is 5.69 Å². The van der Waals surface area contributed by atoms with Crippen LogP contribution in [0.15, 0.2) is 30.3 Å². The first kappa shape index (κ1) is 31.5. The van der Waals surface area contributed by atoms with E-state index in [2.05, 4.69) is 0 Å². The SMILES string of the molecule is CN(C)c1cc(-c2cccc(C(N)=O)c2)c(O)c2c1C[C@@]1(N)C[C@@]3(N)[C@H](N(C)C)C(=O)C(C(N)=O)C(=O)[C@@]3(C#N)C(=O)C1C2=O. The van der Waals surface area contributed by atoms with E-state index in [-0.39, 0.29) is 28.7 Å². The van der Waals surface area contributed by atoms with Crippen LogP contribution >= 0.6 is 0 Å². The number of nitriles is 1. The van der Waals surface area contributed by atoms with Gasteiger partial charge in [-0.15, -0.1) is 0 Å². The Hall–Kier alpha value is -4.97. The number of benzene rings is 2. The average Bonchev–Trinajstić information content (AvgIpc) is 2.91. The molecule has 5 rings (SSSR count). The maximum atomic E-state index is 14.6. The number of hydrogen-bond acceptors (Lipinski definition) is 12. The summed E-state index contributed by atoms with van der Waals surface area (Å²) >= 11 is 0. The van der Waals surface area contributed by atoms with Crippen LogP contribution in [0.1, 0.15) is 32.7 Å². The number of nitrogens with zero attached hydrogens (tertiary/aromatic N) is 3. The van der Waals surface area contributed by atoms with E-state index >= 15 is 0 Å². The standard InChI is InChI=1S/C31H33N7O7/c1-37(2)17-9-15(13-6-5-7-14(8-13)27(33)44)21(39)18-16(17)10-29(35)11-31(36)24(38(3)4)23(41)19(28(34)45)25(42)30(31,12-32)26(43)20(29)22(18)40/h5-9,19-20,24,39H,10-11,35-36H2,1-4H3,(H2,33,44)(H2,34,45)/t19?,20?,24-,29-,30+,31-/m1/s1. The monoisotopic (exact) mass is 615 g/mol. The molecule has 3 aliphatic rings. The smallest absolute Gasteiger partial charge is 0.248 e. The van der Waals surface area contributed by atoms with Crippen LogP contribution in [0.2, 0.25) is 0 Å². The fraction of sp³-hybridized carbons (Fsp3) is 0.387. The van der Waals surface area contributed by atoms with Gasteiger partial charge < -0.3 is 32.9 Å². The van der Waals surface area contributed by atoms with Gasteiger partial charge in [0.25, 0.3) is 0 Å². The average molecular weight is 616 g/mol. The Kier molecular flexibility index (Phi) is 7.01. The lowest BCUT2D eigenvalue weighted by atomic mass is 9.42. The normalized spacial score (nSPS) is 30.7. The molecule has 2 fully saturated rings. The van der Waals surface area contributed by atoms with Crippen LogP contribution in [0.5, 0.6) is 5.75 Å². The van der Waals surface area contributed by atoms with Gasteiger partial charge in [0.05, 0.1) is 23.2 Å². The molecule has 2 unspecified atom stereocenters. The van der Waals surface area contributed by atoms with E-state index in [1.165, 1.54) is 31.1 Å². The first-order chi connectivity index (χ1) is 20.9. The summed E-state index contributed by atoms with van der Waals surface area (Å²) < 4.78 is 0. The summed E-state index contributed by atoms with van der Waals surface area (Å²) in [6, 6.07) is 7.85. The zero-order chi connectivity index (χ0) is 33.5. The van der Waals surface area contributed by atoms with E-state index in [9.17, 15) is 39.1 Å². The molecule has 0 aromatic heterocycles. The highest BCUT2D eigenvalue weighted by atomic mass is 16.3. The quantitative estimate of drug-likeness (QED) is 0.244. The molecule has 14 heteroatoms. The van der Waals surface area contributed by atoms with Gasteiger partial charge in [0.15, 0.2) is 34.5 Å². The van der Waals surface area contributed by atoms with Crippen molar-refractivity contribution in [3.8, 4) is 22.9 Å². The fourth-order valence-corrected chi connectivity index (χ4v) is 7.71. The number of fused-ring (bicyclic) bond motifs is 3. The largest absolute Gasteiger partial charge is 0.507 e. The molecule has 0 aliphatic heterocycles. The maximum absolute atomic E-state index is 14.6. The highest BCUT2D eigenvalue weighted by molar-refractivity contribution is 6.33. The van der Waals surface area contributed by atoms with Gasteiger partial charge in [-0.05, 0) is 56.3 Å². The van der Waals surface area contributed by atoms with Crippen molar-refractivity contribution in [2.45, 2.75) is 30.0 Å². The molecular weight excluding hydrogens is 582 g/mol. The summed E-state index contributed by atoms with van der Waals surface area (Å²) in [6.07, 6.45) is -0.730. The second kappa shape index (κ2) is 10.0. The van der Waals surface area contributed by atoms with Crippen molar-refractivity contribution in [2.24, 2.45) is 40.2 Å². The van der Waals surface area contributed by atoms with Crippen molar-refractivity contribution in [1.82, 2.24) is 4.90 Å². The Balaban J connectivity index is 1.80. The number of primary amides is 2. The third-order valence-corrected chi connectivity index (χ3v) is 9.51. The van der Waals surface area contributed by atoms with E-state index in [1.807, 2.05) is 0 Å². The summed E-state index contributed by atoms with van der Waals surface area (Å²) in [6.45, 7) is 0. The van der Waals surface area contributed by atoms with Crippen LogP contribution < -0.4 is 27.8 Å². The molecule has 9 N–H and O–H groups in total. The summed E-state index contributed by atoms with van der Waals surface area (Å²) in [5.41, 5.74) is 18.8. The van der Waals surface area contributed by atoms with Gasteiger partial charge in [0.2, 0.25) is 11.8 Å². The number of anilines is 1. The molecule has 14 nitrogen and oxygen atoms in total. The van der Waals surface area contributed by atoms with Crippen LogP contribution in [0, 0.1) is 28.6 Å². The lowest BCUT2D eigenvalue weighted by Crippen LogP contribution is -2.85. The number of amides is 2. The number of likely N-dealkylation sites (N-methyl/N-ethyl adjacent to an activating group) is 1. The van der Waals surface area contributed by atoms with Crippen LogP contribution in [0.25, 0.3) is 11.1 Å². The van der Waals surface area contributed by atoms with Gasteiger partial charge in [-0.3, -0.25) is 33.7 Å². The first-order valence-electron chi connectivity index (χ1n) is 14.0. The van der Waals surface area contributed by atoms with Crippen LogP contribution in [-0.4, -0.2) is 90.3 Å². The Bertz CT molecular complexity index is 1800. The predicted octanol–water partition coefficient (Wildman–Crippen LogP) is -1.36. The van der Waals surface area contributed by atoms with E-state index in [4.69, 9.17) is 22.9 Å². The lowest BCUT2D eigenvalue weighted by Gasteiger charge is -2.60. The molecule has 2 aromatic carbocycles. The van der Waals surface area contributed by atoms with Crippen LogP contribution in [-0.2, 0) is 25.6 Å². The number of rotatable bonds is 5. The fourth-order valence-electron chi connectivity index (χ4n) is 7.71. The molecule has 45 heavy (non-hydrogen) atoms. The van der Waals surface area contributed by atoms with Gasteiger partial charge in [0, 0.05) is 36.4 Å². The highest BCUT2D eigenvalue weighted by Crippen LogP contribution is 2.57. The second-order valence-electron chi connectivity index (χ2n) is 12.6. The zero-order valence-corrected chi connectivity index (χ0v) is 25.1. The summed E-state index contributed by atoms with van der Waals surface area (Å²) in [7, 11) is 6.26. The van der Waals surface area contributed by atoms with Gasteiger partial charge in [-0.2, -0.15) is 5.26 Å². The van der Waals surface area contributed by atoms with E-state index in [0.717, 1.165) is 0 Å². The Labute approximate surface area is 257 Å². The molecule has 0 heterocycles. The van der Waals surface area contributed by atoms with Crippen molar-refractivity contribution in [3.63, 3.8) is 0 Å². The first-order valence-corrected chi connectivity index (χ1v) is 14.0. The zero-order valence-electron chi connectivity index (χ0n) is 25.1. The number of phenols is 1. The Morgan fingerprint density at radius 3 is 2.20 bits per heavy atom. The second-order valence-corrected chi connectivity index (χ2v) is 12.6. The van der Waals surface area contributed by atoms with Crippen molar-refractivity contribution in [2.75, 3.05) is 33.1 Å². The molecule has 2 saturated carbocycles. The molecule has 0 radical (unpaired) electrons. The Morgan fingerprint density at radius 2 is 1.67 bits per heavy atom. The molecule has 3 aliphatic carbocycles. The highest BCUT2D eigenvalue weighted by Gasteiger charge is 2.78. The minimum Gasteiger partial charge on any atom is -0.507 e. The van der Waals surface area contributed by atoms with Crippen molar-refractivity contribution < 1.29 is 33.9 Å². The minimum absolute atomic E-state index is 0.144. The van der Waals surface area contributed by atoms with Gasteiger partial charge in [0.1, 0.15) is 11.7 Å². The van der Waals surface area contributed by atoms with Crippen molar-refractivity contribution in [3.05, 3.63) is 47.0 Å². The molecule has 0 saturated heterocycles. The maximum Gasteiger partial charge on any atom is 0.248 e. The predicted molar refractivity (Wildman–Crippen MR) is 160 cm³/mol. The number of carbonyl (C=O) groups excluding carboxylic acids is 6. The summed E-state index contributed by atoms with van der Waals surface area (Å²) in [4.78, 5) is 83.8. The summed E-state index contributed by atoms with van der Waals surface area (Å²) in [5, 5.41) is 22.2. The molecule has 2 aromatic rings. The van der Waals surface area contributed by atoms with E-state index < -0.39 is 81.5 Å². The van der Waals surface area contributed by atoms with Crippen LogP contribution in [0.3, 0.4) is 0 Å². The molecule has 0 spiro atoms. The molecule has 6 atom stereocenters. The molecule has 234 valence electrons. The molecular formula is C31H33N7O7. The number of nitrogens with two attached hydrogens (primary N) is 4. The lowest BCUT2D eigenvalue weighted by molar-refractivity contribution is -0.166. The third kappa shape index (κ3) is 3.98. The molecule has 0 bridgehead atoms. The topological polar surface area (TPSA) is 257 Å². The van der Waals surface area contributed by atoms with E-state index in [1.54, 1.807) is 43.3 Å². The van der Waals surface area contributed by atoms with Crippen molar-refractivity contribution >= 4 is 40.6 Å². The molecule has 2 amide bonds. The third-order valence-electron chi connectivity index (χ3n) is 9.51. The number of ketones is 4. The van der Waals surface area contributed by atoms with E-state index in [0.29, 0.717) is 11.3 Å². The number of aromatic hydroxyl groups is 1.